The van der Waals surface area contributed by atoms with Crippen LogP contribution in [0.3, 0.4) is 0 Å². The first-order chi connectivity index (χ1) is 6.27. The van der Waals surface area contributed by atoms with E-state index in [4.69, 9.17) is 5.73 Å². The van der Waals surface area contributed by atoms with Gasteiger partial charge in [-0.1, -0.05) is 0 Å². The van der Waals surface area contributed by atoms with E-state index in [1.807, 2.05) is 0 Å². The fraction of sp³-hybridized carbons (Fsp3) is 1.00. The zero-order valence-corrected chi connectivity index (χ0v) is 8.47. The Morgan fingerprint density at radius 1 is 1.08 bits per heavy atom. The molecule has 3 aliphatic carbocycles. The molecule has 2 N–H and O–H groups in total. The molecule has 0 aromatic heterocycles. The van der Waals surface area contributed by atoms with Crippen LogP contribution in [0.5, 0.6) is 0 Å². The van der Waals surface area contributed by atoms with Crippen LogP contribution in [0.2, 0.25) is 0 Å². The van der Waals surface area contributed by atoms with Crippen LogP contribution in [-0.2, 0) is 0 Å². The van der Waals surface area contributed by atoms with Gasteiger partial charge in [-0.15, -0.1) is 0 Å². The Labute approximate surface area is 81.1 Å². The Morgan fingerprint density at radius 2 is 1.62 bits per heavy atom. The fourth-order valence-electron chi connectivity index (χ4n) is 2.77. The van der Waals surface area contributed by atoms with Crippen molar-refractivity contribution in [3.8, 4) is 0 Å². The minimum absolute atomic E-state index is 0.308. The molecule has 3 aliphatic rings. The van der Waals surface area contributed by atoms with E-state index in [0.29, 0.717) is 5.54 Å². The molecule has 1 nitrogen and oxygen atoms in total. The SMILES string of the molecule is NC1(CCC(C2CC2)C2CC2)CC1. The maximum Gasteiger partial charge on any atom is 0.0155 e. The lowest BCUT2D eigenvalue weighted by atomic mass is 9.90. The van der Waals surface area contributed by atoms with E-state index in [-0.39, 0.29) is 0 Å². The first kappa shape index (κ1) is 8.28. The van der Waals surface area contributed by atoms with Crippen LogP contribution in [0, 0.1) is 17.8 Å². The van der Waals surface area contributed by atoms with Crippen molar-refractivity contribution in [2.45, 2.75) is 56.9 Å². The minimum atomic E-state index is 0.308. The van der Waals surface area contributed by atoms with Gasteiger partial charge in [-0.05, 0) is 69.1 Å². The van der Waals surface area contributed by atoms with Gasteiger partial charge in [-0.2, -0.15) is 0 Å². The van der Waals surface area contributed by atoms with Gasteiger partial charge in [0.1, 0.15) is 0 Å². The van der Waals surface area contributed by atoms with Crippen molar-refractivity contribution in [2.24, 2.45) is 23.5 Å². The van der Waals surface area contributed by atoms with Crippen molar-refractivity contribution >= 4 is 0 Å². The van der Waals surface area contributed by atoms with Crippen molar-refractivity contribution < 1.29 is 0 Å². The molecule has 0 aliphatic heterocycles. The average Bonchev–Trinajstić information content (AvgIpc) is 2.95. The van der Waals surface area contributed by atoms with E-state index in [9.17, 15) is 0 Å². The summed E-state index contributed by atoms with van der Waals surface area (Å²) in [6.07, 6.45) is 11.5. The molecule has 3 fully saturated rings. The van der Waals surface area contributed by atoms with Crippen molar-refractivity contribution in [2.75, 3.05) is 0 Å². The van der Waals surface area contributed by atoms with Crippen LogP contribution < -0.4 is 5.73 Å². The summed E-state index contributed by atoms with van der Waals surface area (Å²) in [5.41, 5.74) is 6.44. The van der Waals surface area contributed by atoms with Gasteiger partial charge >= 0.3 is 0 Å². The molecule has 0 aromatic rings. The van der Waals surface area contributed by atoms with Gasteiger partial charge in [-0.3, -0.25) is 0 Å². The Balaban J connectivity index is 1.50. The quantitative estimate of drug-likeness (QED) is 0.690. The molecule has 0 aromatic carbocycles. The number of rotatable bonds is 5. The summed E-state index contributed by atoms with van der Waals surface area (Å²) in [6.45, 7) is 0. The molecule has 0 atom stereocenters. The second-order valence-corrected chi connectivity index (χ2v) is 5.74. The largest absolute Gasteiger partial charge is 0.325 e. The van der Waals surface area contributed by atoms with Gasteiger partial charge in [0.2, 0.25) is 0 Å². The third-order valence-electron chi connectivity index (χ3n) is 4.32. The summed E-state index contributed by atoms with van der Waals surface area (Å²) in [7, 11) is 0. The van der Waals surface area contributed by atoms with Gasteiger partial charge < -0.3 is 5.73 Å². The van der Waals surface area contributed by atoms with Gasteiger partial charge in [0.05, 0.1) is 0 Å². The van der Waals surface area contributed by atoms with E-state index in [1.165, 1.54) is 51.4 Å². The third kappa shape index (κ3) is 1.90. The molecular weight excluding hydrogens is 158 g/mol. The molecule has 0 bridgehead atoms. The van der Waals surface area contributed by atoms with Crippen LogP contribution in [0.4, 0.5) is 0 Å². The summed E-state index contributed by atoms with van der Waals surface area (Å²) in [6, 6.07) is 0. The van der Waals surface area contributed by atoms with Crippen LogP contribution >= 0.6 is 0 Å². The van der Waals surface area contributed by atoms with Crippen molar-refractivity contribution in [3.63, 3.8) is 0 Å². The molecule has 0 saturated heterocycles. The lowest BCUT2D eigenvalue weighted by molar-refractivity contribution is 0.348. The standard InChI is InChI=1S/C12H21N/c13-12(7-8-12)6-5-11(9-1-2-9)10-3-4-10/h9-11H,1-8,13H2. The number of nitrogens with two attached hydrogens (primary N) is 1. The van der Waals surface area contributed by atoms with Crippen LogP contribution in [0.25, 0.3) is 0 Å². The van der Waals surface area contributed by atoms with Crippen LogP contribution in [0.15, 0.2) is 0 Å². The monoisotopic (exact) mass is 179 g/mol. The highest BCUT2D eigenvalue weighted by Crippen LogP contribution is 2.52. The van der Waals surface area contributed by atoms with Crippen molar-refractivity contribution in [3.05, 3.63) is 0 Å². The van der Waals surface area contributed by atoms with Crippen molar-refractivity contribution in [1.82, 2.24) is 0 Å². The average molecular weight is 179 g/mol. The molecule has 0 radical (unpaired) electrons. The second kappa shape index (κ2) is 2.73. The highest BCUT2D eigenvalue weighted by Gasteiger charge is 2.44. The molecule has 3 saturated carbocycles. The molecule has 0 heterocycles. The third-order valence-corrected chi connectivity index (χ3v) is 4.32. The first-order valence-corrected chi connectivity index (χ1v) is 6.06. The predicted octanol–water partition coefficient (Wildman–Crippen LogP) is 2.69. The maximum absolute atomic E-state index is 6.14. The normalized spacial score (nSPS) is 30.9. The van der Waals surface area contributed by atoms with E-state index in [0.717, 1.165) is 17.8 Å². The van der Waals surface area contributed by atoms with E-state index in [2.05, 4.69) is 0 Å². The lowest BCUT2D eigenvalue weighted by Crippen LogP contribution is -2.23. The molecule has 3 rings (SSSR count). The van der Waals surface area contributed by atoms with E-state index >= 15 is 0 Å². The topological polar surface area (TPSA) is 26.0 Å². The van der Waals surface area contributed by atoms with Gasteiger partial charge in [-0.25, -0.2) is 0 Å². The number of hydrogen-bond donors (Lipinski definition) is 1. The zero-order chi connectivity index (χ0) is 8.89. The molecule has 1 heteroatoms. The smallest absolute Gasteiger partial charge is 0.0155 e. The summed E-state index contributed by atoms with van der Waals surface area (Å²) in [4.78, 5) is 0. The predicted molar refractivity (Wildman–Crippen MR) is 54.3 cm³/mol. The van der Waals surface area contributed by atoms with Gasteiger partial charge in [0, 0.05) is 5.54 Å². The molecular formula is C12H21N. The van der Waals surface area contributed by atoms with Gasteiger partial charge in [0.15, 0.2) is 0 Å². The Bertz CT molecular complexity index is 187. The highest BCUT2D eigenvalue weighted by molar-refractivity contribution is 5.00. The van der Waals surface area contributed by atoms with E-state index in [1.54, 1.807) is 0 Å². The Morgan fingerprint density at radius 3 is 2.00 bits per heavy atom. The maximum atomic E-state index is 6.14. The molecule has 74 valence electrons. The lowest BCUT2D eigenvalue weighted by Gasteiger charge is -2.17. The summed E-state index contributed by atoms with van der Waals surface area (Å²) >= 11 is 0. The molecule has 0 amide bonds. The zero-order valence-electron chi connectivity index (χ0n) is 8.47. The number of hydrogen-bond acceptors (Lipinski definition) is 1. The second-order valence-electron chi connectivity index (χ2n) is 5.74. The Hall–Kier alpha value is -0.0400. The summed E-state index contributed by atoms with van der Waals surface area (Å²) < 4.78 is 0. The van der Waals surface area contributed by atoms with Crippen LogP contribution in [-0.4, -0.2) is 5.54 Å². The molecule has 13 heavy (non-hydrogen) atoms. The van der Waals surface area contributed by atoms with Gasteiger partial charge in [0.25, 0.3) is 0 Å². The van der Waals surface area contributed by atoms with Crippen LogP contribution in [0.1, 0.15) is 51.4 Å². The van der Waals surface area contributed by atoms with Crippen molar-refractivity contribution in [1.29, 1.82) is 0 Å². The summed E-state index contributed by atoms with van der Waals surface area (Å²) in [5.74, 6) is 3.32. The van der Waals surface area contributed by atoms with E-state index < -0.39 is 0 Å². The molecule has 0 spiro atoms. The Kier molecular flexibility index (Phi) is 1.74. The first-order valence-electron chi connectivity index (χ1n) is 6.06. The molecule has 0 unspecified atom stereocenters. The fourth-order valence-corrected chi connectivity index (χ4v) is 2.77. The minimum Gasteiger partial charge on any atom is -0.325 e. The highest BCUT2D eigenvalue weighted by atomic mass is 14.8. The summed E-state index contributed by atoms with van der Waals surface area (Å²) in [5, 5.41) is 0.